The van der Waals surface area contributed by atoms with Crippen LogP contribution in [0.5, 0.6) is 0 Å². The molecule has 1 fully saturated rings. The average Bonchev–Trinajstić information content (AvgIpc) is 2.36. The third kappa shape index (κ3) is 3.85. The number of hydrogen-bond acceptors (Lipinski definition) is 3. The van der Waals surface area contributed by atoms with Crippen molar-refractivity contribution in [3.63, 3.8) is 0 Å². The van der Waals surface area contributed by atoms with E-state index in [1.54, 1.807) is 18.2 Å². The Kier molecular flexibility index (Phi) is 4.32. The Morgan fingerprint density at radius 1 is 1.32 bits per heavy atom. The molecule has 104 valence electrons. The van der Waals surface area contributed by atoms with Gasteiger partial charge in [-0.25, -0.2) is 0 Å². The number of aliphatic hydroxyl groups is 1. The highest BCUT2D eigenvalue weighted by atomic mass is 35.5. The van der Waals surface area contributed by atoms with Gasteiger partial charge in [-0.05, 0) is 31.0 Å². The van der Waals surface area contributed by atoms with Gasteiger partial charge in [-0.2, -0.15) is 0 Å². The maximum Gasteiger partial charge on any atom is 0.251 e. The molecule has 0 atom stereocenters. The van der Waals surface area contributed by atoms with Crippen LogP contribution in [0.4, 0.5) is 5.69 Å². The van der Waals surface area contributed by atoms with Gasteiger partial charge in [0.05, 0.1) is 5.60 Å². The largest absolute Gasteiger partial charge is 0.399 e. The van der Waals surface area contributed by atoms with Gasteiger partial charge in [-0.3, -0.25) is 4.79 Å². The van der Waals surface area contributed by atoms with Gasteiger partial charge in [0.1, 0.15) is 0 Å². The Balaban J connectivity index is 1.97. The summed E-state index contributed by atoms with van der Waals surface area (Å²) in [6.45, 7) is 0.276. The maximum absolute atomic E-state index is 12.0. The molecule has 5 heteroatoms. The number of nitrogens with two attached hydrogens (primary N) is 1. The monoisotopic (exact) mass is 282 g/mol. The van der Waals surface area contributed by atoms with Crippen LogP contribution in [0.3, 0.4) is 0 Å². The Morgan fingerprint density at radius 3 is 2.63 bits per heavy atom. The third-order valence-corrected chi connectivity index (χ3v) is 3.76. The molecule has 0 aliphatic heterocycles. The molecular formula is C14H19ClN2O2. The molecule has 0 heterocycles. The highest BCUT2D eigenvalue weighted by Crippen LogP contribution is 2.27. The first-order valence-corrected chi connectivity index (χ1v) is 6.93. The smallest absolute Gasteiger partial charge is 0.251 e. The van der Waals surface area contributed by atoms with Gasteiger partial charge in [0, 0.05) is 22.8 Å². The Hall–Kier alpha value is -1.26. The fourth-order valence-electron chi connectivity index (χ4n) is 2.48. The van der Waals surface area contributed by atoms with E-state index in [0.717, 1.165) is 32.1 Å². The van der Waals surface area contributed by atoms with Crippen LogP contribution in [0.1, 0.15) is 42.5 Å². The lowest BCUT2D eigenvalue weighted by Crippen LogP contribution is -2.44. The summed E-state index contributed by atoms with van der Waals surface area (Å²) in [5.41, 5.74) is 5.76. The fourth-order valence-corrected chi connectivity index (χ4v) is 2.72. The second-order valence-electron chi connectivity index (χ2n) is 5.24. The van der Waals surface area contributed by atoms with Gasteiger partial charge < -0.3 is 16.2 Å². The number of nitrogen functional groups attached to an aromatic ring is 1. The zero-order valence-electron chi connectivity index (χ0n) is 10.8. The maximum atomic E-state index is 12.0. The molecule has 0 spiro atoms. The fraction of sp³-hybridized carbons (Fsp3) is 0.500. The summed E-state index contributed by atoms with van der Waals surface area (Å²) in [5.74, 6) is -0.256. The van der Waals surface area contributed by atoms with Crippen molar-refractivity contribution in [2.75, 3.05) is 12.3 Å². The lowest BCUT2D eigenvalue weighted by molar-refractivity contribution is 0.00526. The van der Waals surface area contributed by atoms with Crippen molar-refractivity contribution in [2.45, 2.75) is 37.7 Å². The molecule has 2 rings (SSSR count). The first kappa shape index (κ1) is 14.2. The van der Waals surface area contributed by atoms with Crippen LogP contribution in [0.15, 0.2) is 18.2 Å². The van der Waals surface area contributed by atoms with Crippen LogP contribution in [-0.2, 0) is 0 Å². The first-order chi connectivity index (χ1) is 8.98. The summed E-state index contributed by atoms with van der Waals surface area (Å²) in [5, 5.41) is 13.5. The van der Waals surface area contributed by atoms with E-state index >= 15 is 0 Å². The first-order valence-electron chi connectivity index (χ1n) is 6.55. The van der Waals surface area contributed by atoms with Gasteiger partial charge in [-0.15, -0.1) is 0 Å². The van der Waals surface area contributed by atoms with Crippen LogP contribution in [-0.4, -0.2) is 23.2 Å². The lowest BCUT2D eigenvalue weighted by Gasteiger charge is -2.32. The Labute approximate surface area is 117 Å². The molecule has 0 aromatic heterocycles. The number of carbonyl (C=O) groups is 1. The molecule has 1 aliphatic carbocycles. The number of halogens is 1. The van der Waals surface area contributed by atoms with E-state index in [1.807, 2.05) is 0 Å². The number of amides is 1. The van der Waals surface area contributed by atoms with Crippen LogP contribution in [0.25, 0.3) is 0 Å². The highest BCUT2D eigenvalue weighted by molar-refractivity contribution is 6.31. The van der Waals surface area contributed by atoms with Gasteiger partial charge in [0.15, 0.2) is 0 Å². The van der Waals surface area contributed by atoms with E-state index in [1.165, 1.54) is 0 Å². The Bertz CT molecular complexity index is 450. The number of carbonyl (C=O) groups excluding carboxylic acids is 1. The summed E-state index contributed by atoms with van der Waals surface area (Å²) >= 11 is 5.86. The molecule has 1 aliphatic rings. The number of hydrogen-bond donors (Lipinski definition) is 3. The van der Waals surface area contributed by atoms with Crippen molar-refractivity contribution < 1.29 is 9.90 Å². The van der Waals surface area contributed by atoms with Gasteiger partial charge in [0.25, 0.3) is 5.91 Å². The molecule has 0 unspecified atom stereocenters. The van der Waals surface area contributed by atoms with Crippen molar-refractivity contribution >= 4 is 23.2 Å². The second kappa shape index (κ2) is 5.80. The predicted molar refractivity (Wildman–Crippen MR) is 76.2 cm³/mol. The normalized spacial score (nSPS) is 18.0. The molecule has 4 N–H and O–H groups in total. The molecule has 4 nitrogen and oxygen atoms in total. The minimum atomic E-state index is -0.766. The summed E-state index contributed by atoms with van der Waals surface area (Å²) in [4.78, 5) is 12.0. The quantitative estimate of drug-likeness (QED) is 0.745. The van der Waals surface area contributed by atoms with Crippen molar-refractivity contribution in [1.82, 2.24) is 5.32 Å². The SMILES string of the molecule is Nc1cc(Cl)cc(C(=O)NCC2(O)CCCCC2)c1. The van der Waals surface area contributed by atoms with E-state index in [4.69, 9.17) is 17.3 Å². The second-order valence-corrected chi connectivity index (χ2v) is 5.68. The molecule has 1 aromatic carbocycles. The molecule has 0 bridgehead atoms. The topological polar surface area (TPSA) is 75.4 Å². The number of anilines is 1. The summed E-state index contributed by atoms with van der Waals surface area (Å²) in [6.07, 6.45) is 4.66. The third-order valence-electron chi connectivity index (χ3n) is 3.54. The highest BCUT2D eigenvalue weighted by Gasteiger charge is 2.29. The predicted octanol–water partition coefficient (Wildman–Crippen LogP) is 2.35. The summed E-state index contributed by atoms with van der Waals surface area (Å²) < 4.78 is 0. The zero-order valence-corrected chi connectivity index (χ0v) is 11.5. The minimum absolute atomic E-state index is 0.256. The zero-order chi connectivity index (χ0) is 13.9. The lowest BCUT2D eigenvalue weighted by atomic mass is 9.85. The van der Waals surface area contributed by atoms with E-state index in [0.29, 0.717) is 16.3 Å². The van der Waals surface area contributed by atoms with E-state index < -0.39 is 5.60 Å². The van der Waals surface area contributed by atoms with Crippen LogP contribution >= 0.6 is 11.6 Å². The summed E-state index contributed by atoms with van der Waals surface area (Å²) in [6, 6.07) is 4.73. The van der Waals surface area contributed by atoms with Crippen LogP contribution in [0.2, 0.25) is 5.02 Å². The number of nitrogens with one attached hydrogen (secondary N) is 1. The van der Waals surface area contributed by atoms with Crippen molar-refractivity contribution in [1.29, 1.82) is 0 Å². The van der Waals surface area contributed by atoms with Gasteiger partial charge >= 0.3 is 0 Å². The number of rotatable bonds is 3. The van der Waals surface area contributed by atoms with Crippen molar-refractivity contribution in [3.8, 4) is 0 Å². The molecule has 1 saturated carbocycles. The molecule has 19 heavy (non-hydrogen) atoms. The van der Waals surface area contributed by atoms with E-state index in [9.17, 15) is 9.90 Å². The minimum Gasteiger partial charge on any atom is -0.399 e. The van der Waals surface area contributed by atoms with E-state index in [-0.39, 0.29) is 12.5 Å². The van der Waals surface area contributed by atoms with Gasteiger partial charge in [0.2, 0.25) is 0 Å². The van der Waals surface area contributed by atoms with Gasteiger partial charge in [-0.1, -0.05) is 30.9 Å². The molecule has 0 saturated heterocycles. The number of benzene rings is 1. The van der Waals surface area contributed by atoms with Crippen LogP contribution in [0, 0.1) is 0 Å². The Morgan fingerprint density at radius 2 is 2.00 bits per heavy atom. The van der Waals surface area contributed by atoms with Crippen molar-refractivity contribution in [3.05, 3.63) is 28.8 Å². The molecule has 1 aromatic rings. The van der Waals surface area contributed by atoms with Crippen LogP contribution < -0.4 is 11.1 Å². The average molecular weight is 283 g/mol. The molecule has 1 amide bonds. The standard InChI is InChI=1S/C14H19ClN2O2/c15-11-6-10(7-12(16)8-11)13(18)17-9-14(19)4-2-1-3-5-14/h6-8,19H,1-5,9,16H2,(H,17,18). The van der Waals surface area contributed by atoms with Crippen molar-refractivity contribution in [2.24, 2.45) is 0 Å². The summed E-state index contributed by atoms with van der Waals surface area (Å²) in [7, 11) is 0. The molecule has 0 radical (unpaired) electrons. The molecular weight excluding hydrogens is 264 g/mol. The van der Waals surface area contributed by atoms with E-state index in [2.05, 4.69) is 5.32 Å².